The standard InChI is InChI=1S/C19H15ClN2O3/c1-12-7-8-15(16(20)10-12)18(23)21-13-4-2-5-14(11-13)22-19(24)17-6-3-9-25-17/h2-11H,1H3,(H,21,23)(H,22,24). The van der Waals surface area contributed by atoms with Gasteiger partial charge in [0.25, 0.3) is 11.8 Å². The first-order chi connectivity index (χ1) is 12.0. The van der Waals surface area contributed by atoms with Gasteiger partial charge in [0, 0.05) is 11.4 Å². The summed E-state index contributed by atoms with van der Waals surface area (Å²) < 4.78 is 5.05. The SMILES string of the molecule is Cc1ccc(C(=O)Nc2cccc(NC(=O)c3ccco3)c2)c(Cl)c1. The fourth-order valence-corrected chi connectivity index (χ4v) is 2.60. The highest BCUT2D eigenvalue weighted by Gasteiger charge is 2.12. The number of aryl methyl sites for hydroxylation is 1. The third kappa shape index (κ3) is 4.08. The largest absolute Gasteiger partial charge is 0.459 e. The summed E-state index contributed by atoms with van der Waals surface area (Å²) in [6, 6.07) is 15.3. The van der Waals surface area contributed by atoms with Crippen molar-refractivity contribution in [2.24, 2.45) is 0 Å². The minimum Gasteiger partial charge on any atom is -0.459 e. The van der Waals surface area contributed by atoms with Crippen LogP contribution >= 0.6 is 11.6 Å². The molecule has 0 bridgehead atoms. The van der Waals surface area contributed by atoms with E-state index in [9.17, 15) is 9.59 Å². The van der Waals surface area contributed by atoms with E-state index in [1.165, 1.54) is 6.26 Å². The molecule has 0 atom stereocenters. The topological polar surface area (TPSA) is 71.3 Å². The van der Waals surface area contributed by atoms with Crippen LogP contribution in [0.25, 0.3) is 0 Å². The molecule has 3 rings (SSSR count). The number of rotatable bonds is 4. The summed E-state index contributed by atoms with van der Waals surface area (Å²) in [7, 11) is 0. The van der Waals surface area contributed by atoms with Crippen molar-refractivity contribution in [1.29, 1.82) is 0 Å². The number of nitrogens with one attached hydrogen (secondary N) is 2. The summed E-state index contributed by atoms with van der Waals surface area (Å²) in [6.07, 6.45) is 1.43. The van der Waals surface area contributed by atoms with Crippen LogP contribution in [-0.2, 0) is 0 Å². The van der Waals surface area contributed by atoms with Crippen LogP contribution in [0, 0.1) is 6.92 Å². The lowest BCUT2D eigenvalue weighted by atomic mass is 10.1. The number of hydrogen-bond donors (Lipinski definition) is 2. The zero-order chi connectivity index (χ0) is 17.8. The van der Waals surface area contributed by atoms with E-state index in [2.05, 4.69) is 10.6 Å². The van der Waals surface area contributed by atoms with E-state index in [4.69, 9.17) is 16.0 Å². The third-order valence-electron chi connectivity index (χ3n) is 3.49. The van der Waals surface area contributed by atoms with Gasteiger partial charge in [-0.25, -0.2) is 0 Å². The first kappa shape index (κ1) is 16.8. The van der Waals surface area contributed by atoms with Crippen LogP contribution in [0.2, 0.25) is 5.02 Å². The van der Waals surface area contributed by atoms with Gasteiger partial charge in [-0.1, -0.05) is 23.7 Å². The van der Waals surface area contributed by atoms with Crippen LogP contribution in [0.1, 0.15) is 26.5 Å². The molecule has 1 heterocycles. The molecule has 0 aliphatic rings. The molecule has 2 amide bonds. The van der Waals surface area contributed by atoms with Crippen molar-refractivity contribution in [3.63, 3.8) is 0 Å². The number of amides is 2. The number of carbonyl (C=O) groups is 2. The molecule has 1 aromatic heterocycles. The molecule has 2 aromatic carbocycles. The minimum atomic E-state index is -0.366. The van der Waals surface area contributed by atoms with Crippen LogP contribution in [-0.4, -0.2) is 11.8 Å². The van der Waals surface area contributed by atoms with E-state index in [0.717, 1.165) is 5.56 Å². The Morgan fingerprint density at radius 1 is 0.920 bits per heavy atom. The molecule has 0 unspecified atom stereocenters. The predicted molar refractivity (Wildman–Crippen MR) is 97.2 cm³/mol. The van der Waals surface area contributed by atoms with Crippen molar-refractivity contribution in [3.8, 4) is 0 Å². The lowest BCUT2D eigenvalue weighted by molar-refractivity contribution is 0.0995. The monoisotopic (exact) mass is 354 g/mol. The molecule has 0 spiro atoms. The van der Waals surface area contributed by atoms with Crippen LogP contribution in [0.5, 0.6) is 0 Å². The third-order valence-corrected chi connectivity index (χ3v) is 3.81. The Hall–Kier alpha value is -3.05. The number of halogens is 1. The van der Waals surface area contributed by atoms with E-state index >= 15 is 0 Å². The number of furan rings is 1. The lowest BCUT2D eigenvalue weighted by Crippen LogP contribution is -2.14. The summed E-state index contributed by atoms with van der Waals surface area (Å²) >= 11 is 6.12. The maximum atomic E-state index is 12.4. The molecule has 2 N–H and O–H groups in total. The van der Waals surface area contributed by atoms with Crippen molar-refractivity contribution in [1.82, 2.24) is 0 Å². The summed E-state index contributed by atoms with van der Waals surface area (Å²) in [5.41, 5.74) is 2.44. The quantitative estimate of drug-likeness (QED) is 0.710. The molecule has 0 radical (unpaired) electrons. The molecular formula is C19H15ClN2O3. The van der Waals surface area contributed by atoms with Gasteiger partial charge in [-0.2, -0.15) is 0 Å². The van der Waals surface area contributed by atoms with Crippen LogP contribution in [0.3, 0.4) is 0 Å². The maximum absolute atomic E-state index is 12.4. The van der Waals surface area contributed by atoms with Crippen molar-refractivity contribution in [2.45, 2.75) is 6.92 Å². The van der Waals surface area contributed by atoms with E-state index in [-0.39, 0.29) is 17.6 Å². The molecule has 0 fully saturated rings. The van der Waals surface area contributed by atoms with Crippen LogP contribution in [0.4, 0.5) is 11.4 Å². The van der Waals surface area contributed by atoms with Gasteiger partial charge in [-0.05, 0) is 55.0 Å². The Morgan fingerprint density at radius 3 is 2.28 bits per heavy atom. The second-order valence-electron chi connectivity index (χ2n) is 5.45. The number of carbonyl (C=O) groups excluding carboxylic acids is 2. The molecular weight excluding hydrogens is 340 g/mol. The lowest BCUT2D eigenvalue weighted by Gasteiger charge is -2.09. The number of benzene rings is 2. The Bertz CT molecular complexity index is 920. The average Bonchev–Trinajstić information content (AvgIpc) is 3.09. The molecule has 3 aromatic rings. The molecule has 25 heavy (non-hydrogen) atoms. The van der Waals surface area contributed by atoms with Gasteiger partial charge < -0.3 is 15.1 Å². The summed E-state index contributed by atoms with van der Waals surface area (Å²) in [5.74, 6) is -0.476. The minimum absolute atomic E-state index is 0.209. The maximum Gasteiger partial charge on any atom is 0.291 e. The predicted octanol–water partition coefficient (Wildman–Crippen LogP) is 4.75. The molecule has 0 saturated carbocycles. The Labute approximate surface area is 149 Å². The molecule has 0 saturated heterocycles. The average molecular weight is 355 g/mol. The van der Waals surface area contributed by atoms with Crippen LogP contribution < -0.4 is 10.6 Å². The van der Waals surface area contributed by atoms with E-state index in [1.54, 1.807) is 48.5 Å². The highest BCUT2D eigenvalue weighted by Crippen LogP contribution is 2.21. The van der Waals surface area contributed by atoms with Crippen LogP contribution in [0.15, 0.2) is 65.3 Å². The van der Waals surface area contributed by atoms with E-state index in [0.29, 0.717) is 22.0 Å². The Morgan fingerprint density at radius 2 is 1.64 bits per heavy atom. The smallest absolute Gasteiger partial charge is 0.291 e. The summed E-state index contributed by atoms with van der Waals surface area (Å²) in [6.45, 7) is 1.90. The van der Waals surface area contributed by atoms with Crippen molar-refractivity contribution in [3.05, 3.63) is 82.8 Å². The van der Waals surface area contributed by atoms with Gasteiger partial charge >= 0.3 is 0 Å². The zero-order valence-electron chi connectivity index (χ0n) is 13.4. The van der Waals surface area contributed by atoms with Gasteiger partial charge in [-0.3, -0.25) is 9.59 Å². The van der Waals surface area contributed by atoms with Gasteiger partial charge in [0.2, 0.25) is 0 Å². The fraction of sp³-hybridized carbons (Fsp3) is 0.0526. The highest BCUT2D eigenvalue weighted by atomic mass is 35.5. The molecule has 126 valence electrons. The summed E-state index contributed by atoms with van der Waals surface area (Å²) in [4.78, 5) is 24.4. The normalized spacial score (nSPS) is 10.3. The van der Waals surface area contributed by atoms with E-state index in [1.807, 2.05) is 13.0 Å². The number of anilines is 2. The Kier molecular flexibility index (Phi) is 4.86. The molecule has 6 heteroatoms. The first-order valence-corrected chi connectivity index (χ1v) is 7.93. The highest BCUT2D eigenvalue weighted by molar-refractivity contribution is 6.34. The fourth-order valence-electron chi connectivity index (χ4n) is 2.28. The zero-order valence-corrected chi connectivity index (χ0v) is 14.1. The van der Waals surface area contributed by atoms with Crippen molar-refractivity contribution < 1.29 is 14.0 Å². The summed E-state index contributed by atoms with van der Waals surface area (Å²) in [5, 5.41) is 5.86. The van der Waals surface area contributed by atoms with E-state index < -0.39 is 0 Å². The second-order valence-corrected chi connectivity index (χ2v) is 5.86. The Balaban J connectivity index is 1.73. The second kappa shape index (κ2) is 7.23. The molecule has 5 nitrogen and oxygen atoms in total. The van der Waals surface area contributed by atoms with Gasteiger partial charge in [-0.15, -0.1) is 0 Å². The molecule has 0 aliphatic carbocycles. The first-order valence-electron chi connectivity index (χ1n) is 7.55. The molecule has 0 aliphatic heterocycles. The van der Waals surface area contributed by atoms with Gasteiger partial charge in [0.1, 0.15) is 0 Å². The van der Waals surface area contributed by atoms with Gasteiger partial charge in [0.15, 0.2) is 5.76 Å². The van der Waals surface area contributed by atoms with Crippen molar-refractivity contribution in [2.75, 3.05) is 10.6 Å². The van der Waals surface area contributed by atoms with Gasteiger partial charge in [0.05, 0.1) is 16.8 Å². The number of hydrogen-bond acceptors (Lipinski definition) is 3. The van der Waals surface area contributed by atoms with Crippen molar-refractivity contribution >= 4 is 34.8 Å².